The number of fused-ring (bicyclic) bond motifs is 12. The Bertz CT molecular complexity index is 3730. The van der Waals surface area contributed by atoms with Gasteiger partial charge in [-0.25, -0.2) is 4.79 Å². The van der Waals surface area contributed by atoms with Crippen molar-refractivity contribution in [1.29, 1.82) is 0 Å². The van der Waals surface area contributed by atoms with Gasteiger partial charge in [0.1, 0.15) is 23.6 Å². The van der Waals surface area contributed by atoms with E-state index in [0.717, 1.165) is 112 Å². The first-order chi connectivity index (χ1) is 45.6. The number of hydrogen-bond donors (Lipinski definition) is 6. The van der Waals surface area contributed by atoms with Crippen LogP contribution in [0, 0.1) is 116 Å². The van der Waals surface area contributed by atoms with Gasteiger partial charge < -0.3 is 45.1 Å². The SMILES string of the molecule is CN[C@@H]1Cc2c(cccc2CO)C#C[C@@]2(CC[C@H](Cc3ccccc3)C2)C[C@]23CC[C@H]4[C@@](O)([C@H](O)[C@@H]5C[C@H]6CC[C@@H]7[C@H]8O[C@H](Cc9cccc(c9)C[C@H]9CC[C@@H](C9)[C@@H]6C)C[C@H]6C[C@@H]9C[C@H](c%10ccccc%10)CC[C@@H]9[C@]68C[C@@]4(C=O)[C@@]75O)[C@@]2(O)C[C@H]2C[C@@H]1[C@H]1OC(=O)C=C1[C@@H]23. The summed E-state index contributed by atoms with van der Waals surface area (Å²) in [5, 5.41) is 76.7. The Morgan fingerprint density at radius 3 is 2.30 bits per heavy atom. The number of benzene rings is 4. The van der Waals surface area contributed by atoms with Crippen molar-refractivity contribution < 1.29 is 44.6 Å². The van der Waals surface area contributed by atoms with E-state index in [4.69, 9.17) is 9.47 Å². The van der Waals surface area contributed by atoms with Gasteiger partial charge in [0, 0.05) is 57.6 Å². The van der Waals surface area contributed by atoms with Crippen LogP contribution in [-0.4, -0.2) is 92.1 Å². The molecule has 10 heteroatoms. The van der Waals surface area contributed by atoms with Gasteiger partial charge in [0.15, 0.2) is 0 Å². The van der Waals surface area contributed by atoms with E-state index >= 15 is 20.1 Å². The van der Waals surface area contributed by atoms with Gasteiger partial charge in [0.2, 0.25) is 0 Å². The van der Waals surface area contributed by atoms with E-state index in [1.54, 1.807) is 6.08 Å². The van der Waals surface area contributed by atoms with Crippen LogP contribution in [0.2, 0.25) is 0 Å². The van der Waals surface area contributed by atoms with Gasteiger partial charge in [-0.1, -0.05) is 116 Å². The van der Waals surface area contributed by atoms with Gasteiger partial charge in [0.05, 0.1) is 35.9 Å². The van der Waals surface area contributed by atoms with E-state index in [1.807, 2.05) is 19.2 Å². The molecule has 6 N–H and O–H groups in total. The lowest BCUT2D eigenvalue weighted by atomic mass is 9.31. The minimum absolute atomic E-state index is 0.0842. The predicted octanol–water partition coefficient (Wildman–Crippen LogP) is 12.4. The molecular weight excluding hydrogens is 1170 g/mol. The lowest BCUT2D eigenvalue weighted by Gasteiger charge is -2.76. The zero-order valence-electron chi connectivity index (χ0n) is 55.6. The average molecular weight is 1270 g/mol. The summed E-state index contributed by atoms with van der Waals surface area (Å²) >= 11 is 0. The summed E-state index contributed by atoms with van der Waals surface area (Å²) in [6.45, 7) is 2.32. The molecule has 12 bridgehead atoms. The maximum absolute atomic E-state index is 16.3. The summed E-state index contributed by atoms with van der Waals surface area (Å²) in [5.41, 5.74) is -0.916. The van der Waals surface area contributed by atoms with Crippen LogP contribution in [0.15, 0.2) is 115 Å². The minimum atomic E-state index is -2.27. The van der Waals surface area contributed by atoms with Crippen molar-refractivity contribution >= 4 is 12.3 Å². The second-order valence-electron chi connectivity index (χ2n) is 34.6. The molecule has 3 heterocycles. The van der Waals surface area contributed by atoms with Gasteiger partial charge in [-0.15, -0.1) is 0 Å². The fraction of sp³-hybridized carbons (Fsp3) is 0.643. The zero-order valence-corrected chi connectivity index (χ0v) is 55.6. The molecule has 15 aliphatic rings. The van der Waals surface area contributed by atoms with E-state index in [-0.39, 0.29) is 78.7 Å². The molecule has 0 unspecified atom stereocenters. The summed E-state index contributed by atoms with van der Waals surface area (Å²) in [5.74, 6) is 7.13. The van der Waals surface area contributed by atoms with Crippen LogP contribution < -0.4 is 5.32 Å². The topological polar surface area (TPSA) is 166 Å². The molecule has 4 aromatic carbocycles. The number of esters is 1. The molecule has 4 aromatic rings. The molecule has 11 fully saturated rings. The monoisotopic (exact) mass is 1270 g/mol. The third-order valence-electron chi connectivity index (χ3n) is 31.3. The third-order valence-corrected chi connectivity index (χ3v) is 31.3. The Hall–Kier alpha value is -4.96. The quantitative estimate of drug-likeness (QED) is 0.0622. The molecule has 10 nitrogen and oxygen atoms in total. The van der Waals surface area contributed by atoms with Crippen molar-refractivity contribution in [2.75, 3.05) is 7.05 Å². The molecular formula is C84H101NO9. The molecule has 496 valence electrons. The number of carbonyl (C=O) groups excluding carboxylic acids is 2. The van der Waals surface area contributed by atoms with Crippen molar-refractivity contribution in [2.24, 2.45) is 105 Å². The van der Waals surface area contributed by atoms with Crippen molar-refractivity contribution in [2.45, 2.75) is 221 Å². The number of aliphatic hydroxyl groups excluding tert-OH is 2. The van der Waals surface area contributed by atoms with Crippen molar-refractivity contribution in [3.05, 3.63) is 154 Å². The minimum Gasteiger partial charge on any atom is -0.454 e. The highest BCUT2D eigenvalue weighted by molar-refractivity contribution is 5.86. The van der Waals surface area contributed by atoms with E-state index in [1.165, 1.54) is 35.0 Å². The number of aldehydes is 1. The Morgan fingerprint density at radius 2 is 1.49 bits per heavy atom. The van der Waals surface area contributed by atoms with Gasteiger partial charge in [-0.2, -0.15) is 0 Å². The summed E-state index contributed by atoms with van der Waals surface area (Å²) in [6.07, 6.45) is 18.7. The van der Waals surface area contributed by atoms with Gasteiger partial charge >= 0.3 is 5.97 Å². The number of likely N-dealkylation sites (N-methyl/N-ethyl adjacent to an activating group) is 1. The van der Waals surface area contributed by atoms with Gasteiger partial charge in [-0.05, 0) is 271 Å². The van der Waals surface area contributed by atoms with Crippen LogP contribution in [0.5, 0.6) is 0 Å². The number of aliphatic hydroxyl groups is 5. The molecule has 0 radical (unpaired) electrons. The van der Waals surface area contributed by atoms with Gasteiger partial charge in [0.25, 0.3) is 0 Å². The number of nitrogens with one attached hydrogen (secondary N) is 1. The van der Waals surface area contributed by atoms with Crippen LogP contribution in [0.25, 0.3) is 0 Å². The first-order valence-corrected chi connectivity index (χ1v) is 37.6. The van der Waals surface area contributed by atoms with Crippen LogP contribution in [0.1, 0.15) is 180 Å². The predicted molar refractivity (Wildman–Crippen MR) is 359 cm³/mol. The number of hydrogen-bond acceptors (Lipinski definition) is 10. The largest absolute Gasteiger partial charge is 0.454 e. The third kappa shape index (κ3) is 8.58. The van der Waals surface area contributed by atoms with Crippen LogP contribution in [-0.2, 0) is 51.4 Å². The van der Waals surface area contributed by atoms with E-state index in [0.29, 0.717) is 75.0 Å². The van der Waals surface area contributed by atoms with Crippen molar-refractivity contribution in [1.82, 2.24) is 5.32 Å². The summed E-state index contributed by atoms with van der Waals surface area (Å²) in [7, 11) is 1.97. The van der Waals surface area contributed by atoms with Crippen LogP contribution in [0.3, 0.4) is 0 Å². The van der Waals surface area contributed by atoms with E-state index < -0.39 is 74.3 Å². The molecule has 1 saturated heterocycles. The maximum Gasteiger partial charge on any atom is 0.331 e. The highest BCUT2D eigenvalue weighted by Gasteiger charge is 2.88. The van der Waals surface area contributed by atoms with Crippen molar-refractivity contribution in [3.8, 4) is 11.8 Å². The highest BCUT2D eigenvalue weighted by Crippen LogP contribution is 2.82. The Labute approximate surface area is 557 Å². The Kier molecular flexibility index (Phi) is 14.5. The fourth-order valence-electron chi connectivity index (χ4n) is 27.9. The normalized spacial score (nSPS) is 48.2. The molecule has 0 amide bonds. The van der Waals surface area contributed by atoms with Gasteiger partial charge in [-0.3, -0.25) is 0 Å². The highest BCUT2D eigenvalue weighted by atomic mass is 16.5. The second kappa shape index (κ2) is 22.3. The first-order valence-electron chi connectivity index (χ1n) is 37.6. The van der Waals surface area contributed by atoms with Crippen LogP contribution in [0.4, 0.5) is 0 Å². The number of rotatable bonds is 6. The summed E-state index contributed by atoms with van der Waals surface area (Å²) < 4.78 is 14.7. The molecule has 12 aliphatic carbocycles. The molecule has 94 heavy (non-hydrogen) atoms. The van der Waals surface area contributed by atoms with Crippen LogP contribution >= 0.6 is 0 Å². The first kappa shape index (κ1) is 61.4. The number of carbonyl (C=O) groups is 2. The maximum atomic E-state index is 16.3. The molecule has 3 aliphatic heterocycles. The molecule has 3 spiro atoms. The molecule has 10 saturated carbocycles. The Morgan fingerprint density at radius 1 is 0.713 bits per heavy atom. The smallest absolute Gasteiger partial charge is 0.331 e. The lowest BCUT2D eigenvalue weighted by molar-refractivity contribution is -0.395. The van der Waals surface area contributed by atoms with E-state index in [9.17, 15) is 15.0 Å². The molecule has 0 aromatic heterocycles. The Balaban J connectivity index is 0.838. The lowest BCUT2D eigenvalue weighted by Crippen LogP contribution is -2.87. The molecule has 19 rings (SSSR count). The van der Waals surface area contributed by atoms with E-state index in [2.05, 4.69) is 115 Å². The fourth-order valence-corrected chi connectivity index (χ4v) is 27.9. The second-order valence-corrected chi connectivity index (χ2v) is 34.6. The zero-order chi connectivity index (χ0) is 63.9. The van der Waals surface area contributed by atoms with Crippen molar-refractivity contribution in [3.63, 3.8) is 0 Å². The molecule has 27 atom stereocenters. The number of ether oxygens (including phenoxy) is 2. The standard InChI is InChI=1S/C84H101NO9/c1-49-57-20-19-53(34-57)33-51-13-9-14-52(32-51)35-64-40-63-37-61-36-59(55-15-7-4-8-16-55)22-23-68(61)81(63)47-80(48-87)72-27-30-79-46-78(28-25-54(43-78)31-50-11-5-3-6-12-50)29-26-56-17-10-18-60(45-86)65(56)41-71(85-2)66-38-62(74(79)67-42-73(88)94-75(66)67)44-82(79,90)84(72,92)76(89)70-39-58(49)21-24-69(77(81)93-64)83(70,80)91/h3-18,32,42,48-49,53-54,57-59,61-64,66,68-72,74-77,85-86,89-92H,19-25,27-28,30-31,33-41,43-47H2,1-2H3/t49-,53+,54+,57-,58+,59+,61-,62+,63+,64+,66-,68-,69+,70-,71+,72+,74+,75+,76+,77+,78+,79-,80-,81-,82+,83+,84+/m0/s1. The summed E-state index contributed by atoms with van der Waals surface area (Å²) in [4.78, 5) is 30.7. The average Bonchev–Trinajstić information content (AvgIpc) is 1.22. The summed E-state index contributed by atoms with van der Waals surface area (Å²) in [6, 6.07) is 37.1.